The molecule has 2 amide bonds. The van der Waals surface area contributed by atoms with Gasteiger partial charge in [-0.25, -0.2) is 4.39 Å². The molecule has 1 fully saturated rings. The minimum atomic E-state index is -0.724. The number of hydrogen-bond acceptors (Lipinski definition) is 5. The van der Waals surface area contributed by atoms with Crippen molar-refractivity contribution in [1.29, 1.82) is 0 Å². The molecule has 8 heteroatoms. The molecule has 1 aromatic heterocycles. The van der Waals surface area contributed by atoms with E-state index in [9.17, 15) is 14.0 Å². The smallest absolute Gasteiger partial charge is 0.243 e. The number of hydrogen-bond donors (Lipinski definition) is 0. The van der Waals surface area contributed by atoms with Gasteiger partial charge >= 0.3 is 0 Å². The van der Waals surface area contributed by atoms with Crippen LogP contribution in [0.2, 0.25) is 0 Å². The summed E-state index contributed by atoms with van der Waals surface area (Å²) in [6, 6.07) is 17.2. The van der Waals surface area contributed by atoms with Crippen molar-refractivity contribution in [2.75, 3.05) is 45.2 Å². The van der Waals surface area contributed by atoms with Gasteiger partial charge in [0.15, 0.2) is 0 Å². The first-order valence-corrected chi connectivity index (χ1v) is 12.1. The Morgan fingerprint density at radius 1 is 1.11 bits per heavy atom. The highest BCUT2D eigenvalue weighted by molar-refractivity contribution is 6.07. The summed E-state index contributed by atoms with van der Waals surface area (Å²) in [5.74, 6) is 0.654. The summed E-state index contributed by atoms with van der Waals surface area (Å²) < 4.78 is 24.7. The van der Waals surface area contributed by atoms with Gasteiger partial charge in [-0.15, -0.1) is 0 Å². The lowest BCUT2D eigenvalue weighted by Crippen LogP contribution is -2.49. The van der Waals surface area contributed by atoms with Crippen molar-refractivity contribution >= 4 is 17.5 Å². The second-order valence-corrected chi connectivity index (χ2v) is 9.80. The fourth-order valence-electron chi connectivity index (χ4n) is 4.92. The summed E-state index contributed by atoms with van der Waals surface area (Å²) in [6.45, 7) is 1.66. The van der Waals surface area contributed by atoms with Crippen LogP contribution in [0.4, 0.5) is 10.1 Å². The molecule has 0 radical (unpaired) electrons. The summed E-state index contributed by atoms with van der Waals surface area (Å²) in [5, 5.41) is 0. The predicted octanol–water partition coefficient (Wildman–Crippen LogP) is 3.91. The van der Waals surface area contributed by atoms with Crippen LogP contribution in [-0.2, 0) is 16.1 Å². The van der Waals surface area contributed by atoms with Crippen molar-refractivity contribution in [2.45, 2.75) is 18.9 Å². The van der Waals surface area contributed by atoms with E-state index in [0.29, 0.717) is 37.6 Å². The number of amides is 2. The van der Waals surface area contributed by atoms with E-state index in [0.717, 1.165) is 11.3 Å². The van der Waals surface area contributed by atoms with Crippen LogP contribution >= 0.6 is 0 Å². The van der Waals surface area contributed by atoms with E-state index in [2.05, 4.69) is 0 Å². The number of rotatable bonds is 10. The zero-order valence-electron chi connectivity index (χ0n) is 20.5. The third kappa shape index (κ3) is 4.73. The Morgan fingerprint density at radius 2 is 1.89 bits per heavy atom. The lowest BCUT2D eigenvalue weighted by atomic mass is 9.92. The Hall–Kier alpha value is -3.65. The number of carbonyl (C=O) groups excluding carboxylic acids is 2. The molecule has 0 spiro atoms. The number of halogens is 1. The number of likely N-dealkylation sites (N-methyl/N-ethyl adjacent to an activating group) is 1. The Labute approximate surface area is 210 Å². The molecule has 2 atom stereocenters. The first-order chi connectivity index (χ1) is 17.4. The Bertz CT molecular complexity index is 1230. The average molecular weight is 492 g/mol. The van der Waals surface area contributed by atoms with E-state index < -0.39 is 5.41 Å². The van der Waals surface area contributed by atoms with Crippen molar-refractivity contribution < 1.29 is 23.1 Å². The zero-order valence-corrected chi connectivity index (χ0v) is 20.5. The molecule has 3 aromatic rings. The fraction of sp³-hybridized carbons (Fsp3) is 0.357. The lowest BCUT2D eigenvalue weighted by Gasteiger charge is -2.35. The molecule has 2 aromatic carbocycles. The second kappa shape index (κ2) is 9.78. The van der Waals surface area contributed by atoms with Gasteiger partial charge in [0.25, 0.3) is 0 Å². The van der Waals surface area contributed by atoms with Crippen molar-refractivity contribution in [2.24, 2.45) is 5.41 Å². The van der Waals surface area contributed by atoms with Gasteiger partial charge in [-0.05, 0) is 68.5 Å². The molecule has 0 N–H and O–H groups in total. The van der Waals surface area contributed by atoms with Crippen LogP contribution in [-0.4, -0.2) is 62.0 Å². The number of ether oxygens (including phenoxy) is 1. The molecule has 1 saturated carbocycles. The molecule has 5 rings (SSSR count). The highest BCUT2D eigenvalue weighted by Crippen LogP contribution is 2.65. The second-order valence-electron chi connectivity index (χ2n) is 9.80. The highest BCUT2D eigenvalue weighted by Gasteiger charge is 2.66. The van der Waals surface area contributed by atoms with Crippen LogP contribution < -0.4 is 9.64 Å². The van der Waals surface area contributed by atoms with E-state index in [4.69, 9.17) is 9.15 Å². The Kier molecular flexibility index (Phi) is 6.53. The van der Waals surface area contributed by atoms with Gasteiger partial charge in [0, 0.05) is 24.7 Å². The standard InChI is InChI=1S/C28H30FN3O4/c1-30(2)13-14-31(17-22-6-5-15-35-22)26(33)18-32-25-8-4-3-7-23(25)24-16-28(24,27(32)34)19-36-21-11-9-20(29)10-12-21/h3-12,15,24H,13-14,16-19H2,1-2H3/t24-,28+/m0/s1. The maximum atomic E-state index is 13.9. The van der Waals surface area contributed by atoms with Crippen LogP contribution in [0.1, 0.15) is 23.7 Å². The summed E-state index contributed by atoms with van der Waals surface area (Å²) >= 11 is 0. The highest BCUT2D eigenvalue weighted by atomic mass is 19.1. The molecule has 1 aliphatic carbocycles. The quantitative estimate of drug-likeness (QED) is 0.430. The minimum absolute atomic E-state index is 0.0426. The number of anilines is 1. The van der Waals surface area contributed by atoms with E-state index in [1.165, 1.54) is 12.1 Å². The normalized spacial score (nSPS) is 20.2. The molecule has 1 aliphatic heterocycles. The molecule has 0 saturated heterocycles. The maximum Gasteiger partial charge on any atom is 0.243 e. The van der Waals surface area contributed by atoms with Gasteiger partial charge in [0.1, 0.15) is 30.5 Å². The number of carbonyl (C=O) groups is 2. The van der Waals surface area contributed by atoms with Crippen molar-refractivity contribution in [3.8, 4) is 5.75 Å². The number of fused-ring (bicyclic) bond motifs is 3. The number of nitrogens with zero attached hydrogens (tertiary/aromatic N) is 3. The van der Waals surface area contributed by atoms with Crippen molar-refractivity contribution in [3.63, 3.8) is 0 Å². The van der Waals surface area contributed by atoms with Crippen LogP contribution in [0.25, 0.3) is 0 Å². The monoisotopic (exact) mass is 491 g/mol. The van der Waals surface area contributed by atoms with E-state index in [1.54, 1.807) is 34.3 Å². The largest absolute Gasteiger partial charge is 0.492 e. The molecular formula is C28H30FN3O4. The van der Waals surface area contributed by atoms with Gasteiger partial charge in [-0.3, -0.25) is 9.59 Å². The molecule has 2 heterocycles. The molecule has 188 valence electrons. The molecule has 7 nitrogen and oxygen atoms in total. The minimum Gasteiger partial charge on any atom is -0.492 e. The summed E-state index contributed by atoms with van der Waals surface area (Å²) in [7, 11) is 3.91. The predicted molar refractivity (Wildman–Crippen MR) is 133 cm³/mol. The van der Waals surface area contributed by atoms with Gasteiger partial charge in [-0.2, -0.15) is 0 Å². The number of para-hydroxylation sites is 1. The van der Waals surface area contributed by atoms with E-state index in [-0.39, 0.29) is 36.7 Å². The average Bonchev–Trinajstić information content (AvgIpc) is 3.40. The molecule has 36 heavy (non-hydrogen) atoms. The summed E-state index contributed by atoms with van der Waals surface area (Å²) in [4.78, 5) is 32.8. The molecule has 0 unspecified atom stereocenters. The third-order valence-corrected chi connectivity index (χ3v) is 7.05. The van der Waals surface area contributed by atoms with Crippen LogP contribution in [0, 0.1) is 11.2 Å². The van der Waals surface area contributed by atoms with Gasteiger partial charge in [0.2, 0.25) is 11.8 Å². The van der Waals surface area contributed by atoms with Crippen LogP contribution in [0.3, 0.4) is 0 Å². The van der Waals surface area contributed by atoms with E-state index in [1.807, 2.05) is 49.3 Å². The Morgan fingerprint density at radius 3 is 2.61 bits per heavy atom. The SMILES string of the molecule is CN(C)CCN(Cc1ccco1)C(=O)CN1C(=O)[C@@]2(COc3ccc(F)cc3)C[C@H]2c2ccccc21. The van der Waals surface area contributed by atoms with Crippen LogP contribution in [0.15, 0.2) is 71.3 Å². The van der Waals surface area contributed by atoms with Crippen molar-refractivity contribution in [1.82, 2.24) is 9.80 Å². The molecule has 2 aliphatic rings. The van der Waals surface area contributed by atoms with E-state index >= 15 is 0 Å². The topological polar surface area (TPSA) is 66.2 Å². The maximum absolute atomic E-state index is 13.9. The first kappa shape index (κ1) is 24.1. The zero-order chi connectivity index (χ0) is 25.3. The van der Waals surface area contributed by atoms with Gasteiger partial charge in [-0.1, -0.05) is 18.2 Å². The Balaban J connectivity index is 1.37. The van der Waals surface area contributed by atoms with Gasteiger partial charge < -0.3 is 23.9 Å². The lowest BCUT2D eigenvalue weighted by molar-refractivity contribution is -0.133. The number of furan rings is 1. The third-order valence-electron chi connectivity index (χ3n) is 7.05. The van der Waals surface area contributed by atoms with Crippen LogP contribution in [0.5, 0.6) is 5.75 Å². The van der Waals surface area contributed by atoms with Crippen molar-refractivity contribution in [3.05, 3.63) is 84.1 Å². The summed E-state index contributed by atoms with van der Waals surface area (Å²) in [5.41, 5.74) is 1.11. The molecular weight excluding hydrogens is 461 g/mol. The van der Waals surface area contributed by atoms with Gasteiger partial charge in [0.05, 0.1) is 18.2 Å². The summed E-state index contributed by atoms with van der Waals surface area (Å²) in [6.07, 6.45) is 2.25. The molecule has 0 bridgehead atoms. The fourth-order valence-corrected chi connectivity index (χ4v) is 4.92. The first-order valence-electron chi connectivity index (χ1n) is 12.1. The number of benzene rings is 2.